The molecule has 0 aliphatic carbocycles. The number of hydrogen-bond donors (Lipinski definition) is 4. The Labute approximate surface area is 94.4 Å². The highest BCUT2D eigenvalue weighted by Crippen LogP contribution is 2.23. The molecule has 1 aromatic carbocycles. The highest BCUT2D eigenvalue weighted by atomic mass is 16.3. The van der Waals surface area contributed by atoms with Crippen LogP contribution in [0.1, 0.15) is 24.2 Å². The van der Waals surface area contributed by atoms with Crippen LogP contribution in [0.2, 0.25) is 0 Å². The van der Waals surface area contributed by atoms with Gasteiger partial charge in [0.1, 0.15) is 0 Å². The zero-order valence-electron chi connectivity index (χ0n) is 9.45. The van der Waals surface area contributed by atoms with Crippen molar-refractivity contribution in [2.75, 3.05) is 17.7 Å². The molecule has 1 amide bonds. The van der Waals surface area contributed by atoms with E-state index in [9.17, 15) is 4.79 Å². The van der Waals surface area contributed by atoms with Crippen molar-refractivity contribution in [3.63, 3.8) is 0 Å². The van der Waals surface area contributed by atoms with E-state index in [1.54, 1.807) is 18.2 Å². The number of nitrogens with two attached hydrogens (primary N) is 2. The van der Waals surface area contributed by atoms with E-state index in [0.717, 1.165) is 0 Å². The van der Waals surface area contributed by atoms with E-state index in [2.05, 4.69) is 5.32 Å². The van der Waals surface area contributed by atoms with Crippen LogP contribution in [0.4, 0.5) is 11.4 Å². The zero-order chi connectivity index (χ0) is 12.3. The van der Waals surface area contributed by atoms with Crippen LogP contribution in [0.25, 0.3) is 0 Å². The Morgan fingerprint density at radius 3 is 2.62 bits per heavy atom. The fraction of sp³-hybridized carbons (Fsp3) is 0.364. The third-order valence-electron chi connectivity index (χ3n) is 2.21. The maximum atomic E-state index is 11.0. The third kappa shape index (κ3) is 2.87. The molecule has 0 saturated heterocycles. The lowest BCUT2D eigenvalue weighted by Gasteiger charge is -2.26. The number of hydrogen-bond acceptors (Lipinski definition) is 4. The Kier molecular flexibility index (Phi) is 3.39. The van der Waals surface area contributed by atoms with Gasteiger partial charge in [-0.2, -0.15) is 0 Å². The largest absolute Gasteiger partial charge is 0.397 e. The van der Waals surface area contributed by atoms with Crippen LogP contribution in [0.5, 0.6) is 0 Å². The van der Waals surface area contributed by atoms with Crippen molar-refractivity contribution in [2.45, 2.75) is 19.4 Å². The number of benzene rings is 1. The van der Waals surface area contributed by atoms with Gasteiger partial charge in [-0.15, -0.1) is 0 Å². The number of rotatable bonds is 4. The van der Waals surface area contributed by atoms with E-state index in [1.165, 1.54) is 0 Å². The van der Waals surface area contributed by atoms with Gasteiger partial charge < -0.3 is 21.9 Å². The number of nitrogens with one attached hydrogen (secondary N) is 1. The van der Waals surface area contributed by atoms with Gasteiger partial charge in [0.05, 0.1) is 23.5 Å². The molecule has 0 aliphatic rings. The normalized spacial score (nSPS) is 11.2. The average molecular weight is 223 g/mol. The molecule has 5 heteroatoms. The SMILES string of the molecule is CC(C)(CO)Nc1cc(C(N)=O)ccc1N. The first-order chi connectivity index (χ1) is 7.35. The number of primary amides is 1. The number of carbonyl (C=O) groups excluding carboxylic acids is 1. The lowest BCUT2D eigenvalue weighted by Crippen LogP contribution is -2.35. The molecule has 0 aliphatic heterocycles. The molecule has 5 nitrogen and oxygen atoms in total. The van der Waals surface area contributed by atoms with E-state index in [1.807, 2.05) is 13.8 Å². The van der Waals surface area contributed by atoms with E-state index in [0.29, 0.717) is 16.9 Å². The Morgan fingerprint density at radius 2 is 2.12 bits per heavy atom. The predicted octanol–water partition coefficient (Wildman–Crippen LogP) is 0.550. The molecule has 6 N–H and O–H groups in total. The summed E-state index contributed by atoms with van der Waals surface area (Å²) in [5.74, 6) is -0.509. The summed E-state index contributed by atoms with van der Waals surface area (Å²) in [4.78, 5) is 11.0. The summed E-state index contributed by atoms with van der Waals surface area (Å²) in [5.41, 5.74) is 11.9. The molecule has 88 valence electrons. The Balaban J connectivity index is 3.03. The number of aliphatic hydroxyl groups excluding tert-OH is 1. The first-order valence-electron chi connectivity index (χ1n) is 4.94. The van der Waals surface area contributed by atoms with Crippen molar-refractivity contribution < 1.29 is 9.90 Å². The van der Waals surface area contributed by atoms with Crippen molar-refractivity contribution in [1.82, 2.24) is 0 Å². The molecule has 16 heavy (non-hydrogen) atoms. The van der Waals surface area contributed by atoms with Crippen LogP contribution in [0.3, 0.4) is 0 Å². The fourth-order valence-electron chi connectivity index (χ4n) is 1.22. The van der Waals surface area contributed by atoms with Gasteiger partial charge in [0.25, 0.3) is 0 Å². The van der Waals surface area contributed by atoms with Gasteiger partial charge in [0.15, 0.2) is 0 Å². The summed E-state index contributed by atoms with van der Waals surface area (Å²) >= 11 is 0. The molecule has 0 bridgehead atoms. The molecule has 0 radical (unpaired) electrons. The highest BCUT2D eigenvalue weighted by molar-refractivity contribution is 5.95. The monoisotopic (exact) mass is 223 g/mol. The molecule has 0 aromatic heterocycles. The second kappa shape index (κ2) is 4.40. The molecule has 0 heterocycles. The van der Waals surface area contributed by atoms with Gasteiger partial charge in [-0.1, -0.05) is 0 Å². The molecule has 1 aromatic rings. The number of aliphatic hydroxyl groups is 1. The molecular weight excluding hydrogens is 206 g/mol. The van der Waals surface area contributed by atoms with Crippen LogP contribution in [0, 0.1) is 0 Å². The van der Waals surface area contributed by atoms with Crippen molar-refractivity contribution in [3.05, 3.63) is 23.8 Å². The number of nitrogen functional groups attached to an aromatic ring is 1. The lowest BCUT2D eigenvalue weighted by atomic mass is 10.1. The molecular formula is C11H17N3O2. The zero-order valence-corrected chi connectivity index (χ0v) is 9.45. The minimum Gasteiger partial charge on any atom is -0.397 e. The van der Waals surface area contributed by atoms with Gasteiger partial charge in [-0.3, -0.25) is 4.79 Å². The summed E-state index contributed by atoms with van der Waals surface area (Å²) in [6.45, 7) is 3.60. The van der Waals surface area contributed by atoms with Crippen molar-refractivity contribution >= 4 is 17.3 Å². The standard InChI is InChI=1S/C11H17N3O2/c1-11(2,6-15)14-9-5-7(10(13)16)3-4-8(9)12/h3-5,14-15H,6,12H2,1-2H3,(H2,13,16). The van der Waals surface area contributed by atoms with Crippen LogP contribution >= 0.6 is 0 Å². The molecule has 0 atom stereocenters. The van der Waals surface area contributed by atoms with E-state index in [-0.39, 0.29) is 6.61 Å². The second-order valence-corrected chi connectivity index (χ2v) is 4.33. The summed E-state index contributed by atoms with van der Waals surface area (Å²) < 4.78 is 0. The molecule has 0 fully saturated rings. The first kappa shape index (κ1) is 12.3. The van der Waals surface area contributed by atoms with Crippen LogP contribution in [-0.2, 0) is 0 Å². The molecule has 0 saturated carbocycles. The van der Waals surface area contributed by atoms with E-state index >= 15 is 0 Å². The second-order valence-electron chi connectivity index (χ2n) is 4.33. The molecule has 0 unspecified atom stereocenters. The van der Waals surface area contributed by atoms with Crippen LogP contribution in [-0.4, -0.2) is 23.2 Å². The van der Waals surface area contributed by atoms with Crippen molar-refractivity contribution in [3.8, 4) is 0 Å². The minimum atomic E-state index is -0.510. The molecule has 1 rings (SSSR count). The first-order valence-corrected chi connectivity index (χ1v) is 4.94. The quantitative estimate of drug-likeness (QED) is 0.560. The number of carbonyl (C=O) groups is 1. The van der Waals surface area contributed by atoms with Crippen molar-refractivity contribution in [2.24, 2.45) is 5.73 Å². The Hall–Kier alpha value is -1.75. The average Bonchev–Trinajstić information content (AvgIpc) is 2.21. The predicted molar refractivity (Wildman–Crippen MR) is 64.2 cm³/mol. The number of anilines is 2. The van der Waals surface area contributed by atoms with Gasteiger partial charge in [-0.05, 0) is 32.0 Å². The smallest absolute Gasteiger partial charge is 0.248 e. The van der Waals surface area contributed by atoms with Gasteiger partial charge in [0, 0.05) is 5.56 Å². The topological polar surface area (TPSA) is 101 Å². The van der Waals surface area contributed by atoms with Crippen molar-refractivity contribution in [1.29, 1.82) is 0 Å². The van der Waals surface area contributed by atoms with Crippen LogP contribution in [0.15, 0.2) is 18.2 Å². The van der Waals surface area contributed by atoms with Crippen LogP contribution < -0.4 is 16.8 Å². The Bertz CT molecular complexity index is 402. The summed E-state index contributed by atoms with van der Waals surface area (Å²) in [5, 5.41) is 12.2. The summed E-state index contributed by atoms with van der Waals surface area (Å²) in [6.07, 6.45) is 0. The molecule has 0 spiro atoms. The maximum Gasteiger partial charge on any atom is 0.248 e. The van der Waals surface area contributed by atoms with E-state index < -0.39 is 11.4 Å². The Morgan fingerprint density at radius 1 is 1.50 bits per heavy atom. The van der Waals surface area contributed by atoms with Gasteiger partial charge in [0.2, 0.25) is 5.91 Å². The lowest BCUT2D eigenvalue weighted by molar-refractivity contribution is 0.100. The summed E-state index contributed by atoms with van der Waals surface area (Å²) in [6, 6.07) is 4.75. The number of amides is 1. The summed E-state index contributed by atoms with van der Waals surface area (Å²) in [7, 11) is 0. The van der Waals surface area contributed by atoms with E-state index in [4.69, 9.17) is 16.6 Å². The van der Waals surface area contributed by atoms with Gasteiger partial charge >= 0.3 is 0 Å². The van der Waals surface area contributed by atoms with Gasteiger partial charge in [-0.25, -0.2) is 0 Å². The fourth-order valence-corrected chi connectivity index (χ4v) is 1.22. The minimum absolute atomic E-state index is 0.0484. The maximum absolute atomic E-state index is 11.0. The highest BCUT2D eigenvalue weighted by Gasteiger charge is 2.17. The third-order valence-corrected chi connectivity index (χ3v) is 2.21.